The van der Waals surface area contributed by atoms with Gasteiger partial charge in [-0.3, -0.25) is 9.59 Å². The molecule has 0 fully saturated rings. The number of carbonyl (C=O) groups is 2. The van der Waals surface area contributed by atoms with Crippen LogP contribution < -0.4 is 4.90 Å². The van der Waals surface area contributed by atoms with Crippen molar-refractivity contribution in [1.82, 2.24) is 0 Å². The molecule has 4 nitrogen and oxygen atoms in total. The van der Waals surface area contributed by atoms with E-state index >= 15 is 0 Å². The van der Waals surface area contributed by atoms with Crippen molar-refractivity contribution in [3.05, 3.63) is 65.2 Å². The van der Waals surface area contributed by atoms with E-state index in [-0.39, 0.29) is 12.2 Å². The summed E-state index contributed by atoms with van der Waals surface area (Å²) in [7, 11) is 0. The molecule has 0 saturated carbocycles. The van der Waals surface area contributed by atoms with Crippen LogP contribution in [0.2, 0.25) is 0 Å². The summed E-state index contributed by atoms with van der Waals surface area (Å²) in [6.07, 6.45) is 1.77. The number of rotatable bonds is 6. The van der Waals surface area contributed by atoms with Crippen molar-refractivity contribution >= 4 is 17.4 Å². The predicted molar refractivity (Wildman–Crippen MR) is 97.8 cm³/mol. The van der Waals surface area contributed by atoms with Gasteiger partial charge in [-0.1, -0.05) is 55.8 Å². The number of aliphatic hydroxyl groups is 1. The first-order valence-corrected chi connectivity index (χ1v) is 8.77. The van der Waals surface area contributed by atoms with E-state index in [0.717, 1.165) is 12.8 Å². The third kappa shape index (κ3) is 2.98. The minimum Gasteiger partial charge on any atom is -0.375 e. The first-order chi connectivity index (χ1) is 12.0. The first-order valence-electron chi connectivity index (χ1n) is 8.77. The van der Waals surface area contributed by atoms with Crippen molar-refractivity contribution in [1.29, 1.82) is 0 Å². The highest BCUT2D eigenvalue weighted by Crippen LogP contribution is 2.42. The fraction of sp³-hybridized carbons (Fsp3) is 0.333. The maximum Gasteiger partial charge on any atom is 0.264 e. The predicted octanol–water partition coefficient (Wildman–Crippen LogP) is 3.47. The number of likely N-dealkylation sites (N-methyl/N-ethyl adjacent to an activating group) is 1. The summed E-state index contributed by atoms with van der Waals surface area (Å²) >= 11 is 0. The number of benzene rings is 2. The molecule has 0 saturated heterocycles. The number of anilines is 1. The summed E-state index contributed by atoms with van der Waals surface area (Å²) < 4.78 is 0. The Bertz CT molecular complexity index is 797. The van der Waals surface area contributed by atoms with E-state index in [1.807, 2.05) is 25.1 Å². The lowest BCUT2D eigenvalue weighted by atomic mass is 9.88. The van der Waals surface area contributed by atoms with E-state index in [9.17, 15) is 14.7 Å². The second kappa shape index (κ2) is 6.81. The molecule has 1 heterocycles. The van der Waals surface area contributed by atoms with E-state index in [1.54, 1.807) is 30.3 Å². The molecule has 0 unspecified atom stereocenters. The molecule has 0 radical (unpaired) electrons. The van der Waals surface area contributed by atoms with Crippen LogP contribution in [0, 0.1) is 0 Å². The summed E-state index contributed by atoms with van der Waals surface area (Å²) in [5, 5.41) is 11.1. The highest BCUT2D eigenvalue weighted by atomic mass is 16.3. The second-order valence-electron chi connectivity index (χ2n) is 6.47. The minimum atomic E-state index is -1.79. The van der Waals surface area contributed by atoms with Crippen molar-refractivity contribution in [2.24, 2.45) is 0 Å². The zero-order valence-corrected chi connectivity index (χ0v) is 14.7. The van der Waals surface area contributed by atoms with Gasteiger partial charge in [0.25, 0.3) is 5.91 Å². The normalized spacial score (nSPS) is 19.2. The number of carbonyl (C=O) groups excluding carboxylic acids is 2. The van der Waals surface area contributed by atoms with Gasteiger partial charge in [-0.25, -0.2) is 0 Å². The highest BCUT2D eigenvalue weighted by molar-refractivity contribution is 6.10. The highest BCUT2D eigenvalue weighted by Gasteiger charge is 2.50. The van der Waals surface area contributed by atoms with Crippen molar-refractivity contribution in [3.63, 3.8) is 0 Å². The van der Waals surface area contributed by atoms with E-state index in [4.69, 9.17) is 0 Å². The van der Waals surface area contributed by atoms with Crippen LogP contribution in [0.25, 0.3) is 0 Å². The van der Waals surface area contributed by atoms with Gasteiger partial charge in [0.15, 0.2) is 11.4 Å². The maximum atomic E-state index is 12.7. The van der Waals surface area contributed by atoms with Gasteiger partial charge in [-0.05, 0) is 25.0 Å². The van der Waals surface area contributed by atoms with Crippen molar-refractivity contribution < 1.29 is 14.7 Å². The molecule has 0 bridgehead atoms. The molecule has 3 rings (SSSR count). The minimum absolute atomic E-state index is 0.230. The zero-order valence-electron chi connectivity index (χ0n) is 14.7. The number of nitrogens with zero attached hydrogens (tertiary/aromatic N) is 1. The number of hydrogen-bond acceptors (Lipinski definition) is 3. The summed E-state index contributed by atoms with van der Waals surface area (Å²) in [5.74, 6) is -0.654. The summed E-state index contributed by atoms with van der Waals surface area (Å²) in [4.78, 5) is 27.0. The maximum absolute atomic E-state index is 12.7. The number of amides is 1. The molecule has 1 atom stereocenters. The van der Waals surface area contributed by atoms with Crippen LogP contribution in [0.4, 0.5) is 5.69 Å². The Morgan fingerprint density at radius 1 is 1.08 bits per heavy atom. The average molecular weight is 337 g/mol. The molecule has 0 spiro atoms. The van der Waals surface area contributed by atoms with E-state index < -0.39 is 11.5 Å². The fourth-order valence-corrected chi connectivity index (χ4v) is 3.47. The van der Waals surface area contributed by atoms with Gasteiger partial charge >= 0.3 is 0 Å². The lowest BCUT2D eigenvalue weighted by molar-refractivity contribution is -0.135. The van der Waals surface area contributed by atoms with Gasteiger partial charge in [-0.15, -0.1) is 0 Å². The van der Waals surface area contributed by atoms with Crippen molar-refractivity contribution in [2.45, 2.75) is 38.7 Å². The van der Waals surface area contributed by atoms with Crippen LogP contribution in [-0.4, -0.2) is 23.3 Å². The number of aryl methyl sites for hydroxylation is 1. The number of hydrogen-bond donors (Lipinski definition) is 1. The second-order valence-corrected chi connectivity index (χ2v) is 6.47. The monoisotopic (exact) mass is 337 g/mol. The van der Waals surface area contributed by atoms with Crippen LogP contribution in [-0.2, 0) is 16.8 Å². The van der Waals surface area contributed by atoms with Crippen LogP contribution >= 0.6 is 0 Å². The number of ketones is 1. The molecule has 130 valence electrons. The Morgan fingerprint density at radius 2 is 1.76 bits per heavy atom. The molecule has 1 N–H and O–H groups in total. The molecule has 4 heteroatoms. The first kappa shape index (κ1) is 17.4. The molecule has 0 aromatic heterocycles. The zero-order chi connectivity index (χ0) is 18.0. The molecule has 25 heavy (non-hydrogen) atoms. The Hall–Kier alpha value is -2.46. The number of fused-ring (bicyclic) bond motifs is 1. The van der Waals surface area contributed by atoms with Gasteiger partial charge in [0, 0.05) is 17.7 Å². The topological polar surface area (TPSA) is 57.6 Å². The largest absolute Gasteiger partial charge is 0.375 e. The van der Waals surface area contributed by atoms with Crippen molar-refractivity contribution in [2.75, 3.05) is 11.4 Å². The van der Waals surface area contributed by atoms with Gasteiger partial charge in [0.1, 0.15) is 0 Å². The molecule has 2 aromatic rings. The Kier molecular flexibility index (Phi) is 4.73. The molecule has 2 aromatic carbocycles. The third-order valence-electron chi connectivity index (χ3n) is 4.79. The van der Waals surface area contributed by atoms with Crippen LogP contribution in [0.5, 0.6) is 0 Å². The Morgan fingerprint density at radius 3 is 2.40 bits per heavy atom. The third-order valence-corrected chi connectivity index (χ3v) is 4.79. The Balaban J connectivity index is 1.88. The molecule has 0 aliphatic carbocycles. The van der Waals surface area contributed by atoms with Crippen LogP contribution in [0.3, 0.4) is 0 Å². The van der Waals surface area contributed by atoms with Crippen LogP contribution in [0.1, 0.15) is 48.2 Å². The van der Waals surface area contributed by atoms with Gasteiger partial charge in [0.05, 0.1) is 12.1 Å². The molecular weight excluding hydrogens is 314 g/mol. The van der Waals surface area contributed by atoms with Gasteiger partial charge < -0.3 is 10.0 Å². The molecular formula is C21H23NO3. The standard InChI is InChI=1S/C21H23NO3/c1-3-7-15-10-12-16(13-11-15)19(23)14-21(25)17-8-5-6-9-18(17)22(4-2)20(21)24/h5-6,8-13,25H,3-4,7,14H2,1-2H3/t21-/m1/s1. The lowest BCUT2D eigenvalue weighted by Gasteiger charge is -2.22. The lowest BCUT2D eigenvalue weighted by Crippen LogP contribution is -2.41. The summed E-state index contributed by atoms with van der Waals surface area (Å²) in [6, 6.07) is 14.6. The molecule has 1 aliphatic heterocycles. The fourth-order valence-electron chi connectivity index (χ4n) is 3.47. The quantitative estimate of drug-likeness (QED) is 0.821. The van der Waals surface area contributed by atoms with E-state index in [0.29, 0.717) is 23.4 Å². The van der Waals surface area contributed by atoms with Gasteiger partial charge in [-0.2, -0.15) is 0 Å². The number of Topliss-reactive ketones (excluding diaryl/α,β-unsaturated/α-hetero) is 1. The van der Waals surface area contributed by atoms with Crippen molar-refractivity contribution in [3.8, 4) is 0 Å². The number of para-hydroxylation sites is 1. The summed E-state index contributed by atoms with van der Waals surface area (Å²) in [6.45, 7) is 4.42. The smallest absolute Gasteiger partial charge is 0.264 e. The average Bonchev–Trinajstić information content (AvgIpc) is 2.83. The molecule has 1 aliphatic rings. The summed E-state index contributed by atoms with van der Waals surface area (Å²) in [5.41, 5.74) is 1.11. The SMILES string of the molecule is CCCc1ccc(C(=O)C[C@]2(O)C(=O)N(CC)c3ccccc32)cc1. The van der Waals surface area contributed by atoms with E-state index in [1.165, 1.54) is 10.5 Å². The molecule has 1 amide bonds. The van der Waals surface area contributed by atoms with Crippen LogP contribution in [0.15, 0.2) is 48.5 Å². The van der Waals surface area contributed by atoms with E-state index in [2.05, 4.69) is 6.92 Å². The Labute approximate surface area is 148 Å². The van der Waals surface area contributed by atoms with Gasteiger partial charge in [0.2, 0.25) is 0 Å².